The van der Waals surface area contributed by atoms with Gasteiger partial charge in [0, 0.05) is 6.54 Å². The molecule has 0 heterocycles. The van der Waals surface area contributed by atoms with Crippen molar-refractivity contribution in [3.63, 3.8) is 0 Å². The Kier molecular flexibility index (Phi) is 7.79. The van der Waals surface area contributed by atoms with Crippen molar-refractivity contribution in [3.05, 3.63) is 12.7 Å². The largest absolute Gasteiger partial charge is 0.480 e. The number of carboxylic acid groups (broad SMARTS) is 1. The summed E-state index contributed by atoms with van der Waals surface area (Å²) in [5.74, 6) is -1.01. The molecule has 0 aliphatic rings. The van der Waals surface area contributed by atoms with Gasteiger partial charge in [-0.2, -0.15) is 0 Å². The van der Waals surface area contributed by atoms with E-state index >= 15 is 0 Å². The number of urea groups is 1. The summed E-state index contributed by atoms with van der Waals surface area (Å²) in [7, 11) is 0. The lowest BCUT2D eigenvalue weighted by atomic mass is 10.1. The lowest BCUT2D eigenvalue weighted by Crippen LogP contribution is -2.49. The highest BCUT2D eigenvalue weighted by atomic mass is 16.7. The Morgan fingerprint density at radius 3 is 2.59 bits per heavy atom. The zero-order chi connectivity index (χ0) is 13.3. The molecule has 0 saturated carbocycles. The summed E-state index contributed by atoms with van der Waals surface area (Å²) in [6, 6.07) is -1.37. The molecule has 0 radical (unpaired) electrons. The standard InChI is InChI=1S/C11H20N2O4/c1-4-7-9(10(14)15)13(6-3)11(16)12-17-8-5-2/h5,9H,2,4,6-8H2,1,3H3,(H,12,16)(H,14,15)/t9-/m0/s1. The van der Waals surface area contributed by atoms with Crippen molar-refractivity contribution >= 4 is 12.0 Å². The predicted octanol–water partition coefficient (Wildman–Crippen LogP) is 1.39. The van der Waals surface area contributed by atoms with Crippen LogP contribution in [-0.2, 0) is 9.63 Å². The fourth-order valence-electron chi connectivity index (χ4n) is 1.41. The fraction of sp³-hybridized carbons (Fsp3) is 0.636. The summed E-state index contributed by atoms with van der Waals surface area (Å²) in [5.41, 5.74) is 2.18. The minimum Gasteiger partial charge on any atom is -0.480 e. The second-order valence-corrected chi connectivity index (χ2v) is 3.44. The summed E-state index contributed by atoms with van der Waals surface area (Å²) >= 11 is 0. The van der Waals surface area contributed by atoms with Gasteiger partial charge in [0.1, 0.15) is 6.04 Å². The highest BCUT2D eigenvalue weighted by Gasteiger charge is 2.27. The second kappa shape index (κ2) is 8.58. The minimum absolute atomic E-state index is 0.175. The Labute approximate surface area is 101 Å². The van der Waals surface area contributed by atoms with Crippen LogP contribution >= 0.6 is 0 Å². The minimum atomic E-state index is -1.01. The van der Waals surface area contributed by atoms with Crippen LogP contribution in [0.5, 0.6) is 0 Å². The SMILES string of the molecule is C=CCONC(=O)N(CC)[C@@H](CCC)C(=O)O. The van der Waals surface area contributed by atoms with E-state index in [9.17, 15) is 9.59 Å². The molecule has 0 bridgehead atoms. The van der Waals surface area contributed by atoms with Gasteiger partial charge in [-0.05, 0) is 13.3 Å². The van der Waals surface area contributed by atoms with Crippen molar-refractivity contribution in [3.8, 4) is 0 Å². The van der Waals surface area contributed by atoms with E-state index in [0.717, 1.165) is 0 Å². The molecule has 6 heteroatoms. The van der Waals surface area contributed by atoms with Crippen LogP contribution in [0.4, 0.5) is 4.79 Å². The van der Waals surface area contributed by atoms with Gasteiger partial charge < -0.3 is 10.0 Å². The normalized spacial score (nSPS) is 11.6. The third-order valence-electron chi connectivity index (χ3n) is 2.19. The van der Waals surface area contributed by atoms with Gasteiger partial charge in [-0.1, -0.05) is 19.4 Å². The van der Waals surface area contributed by atoms with Crippen LogP contribution in [0.2, 0.25) is 0 Å². The van der Waals surface area contributed by atoms with Crippen molar-refractivity contribution < 1.29 is 19.5 Å². The van der Waals surface area contributed by atoms with E-state index in [2.05, 4.69) is 12.1 Å². The van der Waals surface area contributed by atoms with Crippen molar-refractivity contribution in [1.82, 2.24) is 10.4 Å². The smallest absolute Gasteiger partial charge is 0.342 e. The first-order valence-corrected chi connectivity index (χ1v) is 5.60. The molecule has 98 valence electrons. The van der Waals surface area contributed by atoms with Gasteiger partial charge in [0.2, 0.25) is 0 Å². The molecule has 0 aliphatic heterocycles. The topological polar surface area (TPSA) is 78.9 Å². The number of nitrogens with one attached hydrogen (secondary N) is 1. The number of carbonyl (C=O) groups excluding carboxylic acids is 1. The molecule has 0 aromatic carbocycles. The van der Waals surface area contributed by atoms with Crippen molar-refractivity contribution in [2.24, 2.45) is 0 Å². The Morgan fingerprint density at radius 2 is 2.18 bits per heavy atom. The maximum atomic E-state index is 11.7. The van der Waals surface area contributed by atoms with Crippen LogP contribution < -0.4 is 5.48 Å². The number of aliphatic carboxylic acids is 1. The Hall–Kier alpha value is -1.56. The van der Waals surface area contributed by atoms with Crippen molar-refractivity contribution in [2.75, 3.05) is 13.2 Å². The second-order valence-electron chi connectivity index (χ2n) is 3.44. The molecule has 0 rings (SSSR count). The zero-order valence-corrected chi connectivity index (χ0v) is 10.3. The molecule has 0 saturated heterocycles. The van der Waals surface area contributed by atoms with Crippen molar-refractivity contribution in [2.45, 2.75) is 32.7 Å². The first-order chi connectivity index (χ1) is 8.08. The number of carboxylic acids is 1. The average Bonchev–Trinajstić information content (AvgIpc) is 2.29. The number of carbonyl (C=O) groups is 2. The highest BCUT2D eigenvalue weighted by Crippen LogP contribution is 2.07. The molecule has 6 nitrogen and oxygen atoms in total. The predicted molar refractivity (Wildman–Crippen MR) is 63.4 cm³/mol. The third-order valence-corrected chi connectivity index (χ3v) is 2.19. The number of nitrogens with zero attached hydrogens (tertiary/aromatic N) is 1. The first-order valence-electron chi connectivity index (χ1n) is 5.60. The van der Waals surface area contributed by atoms with E-state index in [0.29, 0.717) is 19.4 Å². The number of rotatable bonds is 8. The van der Waals surface area contributed by atoms with Gasteiger partial charge in [0.25, 0.3) is 0 Å². The number of hydrogen-bond acceptors (Lipinski definition) is 3. The van der Waals surface area contributed by atoms with Crippen LogP contribution in [0.15, 0.2) is 12.7 Å². The van der Waals surface area contributed by atoms with E-state index < -0.39 is 18.0 Å². The quantitative estimate of drug-likeness (QED) is 0.384. The average molecular weight is 244 g/mol. The fourth-order valence-corrected chi connectivity index (χ4v) is 1.41. The molecule has 2 N–H and O–H groups in total. The van der Waals surface area contributed by atoms with E-state index in [1.165, 1.54) is 11.0 Å². The van der Waals surface area contributed by atoms with Gasteiger partial charge in [-0.25, -0.2) is 15.1 Å². The van der Waals surface area contributed by atoms with Crippen molar-refractivity contribution in [1.29, 1.82) is 0 Å². The highest BCUT2D eigenvalue weighted by molar-refractivity contribution is 5.82. The van der Waals surface area contributed by atoms with Gasteiger partial charge in [-0.3, -0.25) is 4.84 Å². The van der Waals surface area contributed by atoms with Gasteiger partial charge >= 0.3 is 12.0 Å². The summed E-state index contributed by atoms with van der Waals surface area (Å²) in [6.07, 6.45) is 2.59. The Balaban J connectivity index is 4.48. The summed E-state index contributed by atoms with van der Waals surface area (Å²) < 4.78 is 0. The third kappa shape index (κ3) is 5.35. The molecular formula is C11H20N2O4. The maximum Gasteiger partial charge on any atom is 0.342 e. The maximum absolute atomic E-state index is 11.7. The molecule has 1 atom stereocenters. The Bertz CT molecular complexity index is 268. The van der Waals surface area contributed by atoms with Gasteiger partial charge in [-0.15, -0.1) is 6.58 Å². The molecule has 0 spiro atoms. The lowest BCUT2D eigenvalue weighted by molar-refractivity contribution is -0.142. The van der Waals surface area contributed by atoms with Gasteiger partial charge in [0.05, 0.1) is 6.61 Å². The van der Waals surface area contributed by atoms with E-state index in [1.807, 2.05) is 6.92 Å². The van der Waals surface area contributed by atoms with E-state index in [-0.39, 0.29) is 6.61 Å². The number of hydroxylamine groups is 1. The van der Waals surface area contributed by atoms with Crippen LogP contribution in [0.25, 0.3) is 0 Å². The van der Waals surface area contributed by atoms with Crippen LogP contribution in [0, 0.1) is 0 Å². The van der Waals surface area contributed by atoms with E-state index in [1.54, 1.807) is 6.92 Å². The number of likely N-dealkylation sites (N-methyl/N-ethyl adjacent to an activating group) is 1. The van der Waals surface area contributed by atoms with Crippen LogP contribution in [-0.4, -0.2) is 41.2 Å². The molecule has 2 amide bonds. The summed E-state index contributed by atoms with van der Waals surface area (Å²) in [6.45, 7) is 7.50. The number of hydrogen-bond donors (Lipinski definition) is 2. The molecule has 17 heavy (non-hydrogen) atoms. The molecule has 0 aromatic heterocycles. The van der Waals surface area contributed by atoms with Crippen LogP contribution in [0.3, 0.4) is 0 Å². The van der Waals surface area contributed by atoms with E-state index in [4.69, 9.17) is 9.94 Å². The monoisotopic (exact) mass is 244 g/mol. The molecule has 0 fully saturated rings. The summed E-state index contributed by atoms with van der Waals surface area (Å²) in [4.78, 5) is 28.7. The molecular weight excluding hydrogens is 224 g/mol. The molecule has 0 aromatic rings. The number of amides is 2. The Morgan fingerprint density at radius 1 is 1.53 bits per heavy atom. The zero-order valence-electron chi connectivity index (χ0n) is 10.3. The van der Waals surface area contributed by atoms with Gasteiger partial charge in [0.15, 0.2) is 0 Å². The summed E-state index contributed by atoms with van der Waals surface area (Å²) in [5, 5.41) is 9.05. The molecule has 0 unspecified atom stereocenters. The lowest BCUT2D eigenvalue weighted by Gasteiger charge is -2.27. The molecule has 0 aliphatic carbocycles. The first kappa shape index (κ1) is 15.4. The van der Waals surface area contributed by atoms with Crippen LogP contribution in [0.1, 0.15) is 26.7 Å².